The van der Waals surface area contributed by atoms with Crippen molar-refractivity contribution < 1.29 is 28.6 Å². The molecule has 1 aliphatic rings. The highest BCUT2D eigenvalue weighted by Gasteiger charge is 2.62. The second kappa shape index (κ2) is 7.98. The molecule has 2 amide bonds. The Bertz CT molecular complexity index is 949. The Hall–Kier alpha value is -3.29. The summed E-state index contributed by atoms with van der Waals surface area (Å²) in [4.78, 5) is 24.7. The maximum absolute atomic E-state index is 13.6. The average Bonchev–Trinajstić information content (AvgIpc) is 3.44. The van der Waals surface area contributed by atoms with Crippen molar-refractivity contribution in [3.63, 3.8) is 0 Å². The number of hydrogen-bond donors (Lipinski definition) is 3. The molecule has 0 radical (unpaired) electrons. The molecule has 154 valence electrons. The number of nitrogens with two attached hydrogens (primary N) is 1. The summed E-state index contributed by atoms with van der Waals surface area (Å²) < 4.78 is 24.1. The number of amides is 2. The van der Waals surface area contributed by atoms with Crippen LogP contribution < -0.4 is 20.5 Å². The van der Waals surface area contributed by atoms with Crippen LogP contribution in [0.25, 0.3) is 0 Å². The van der Waals surface area contributed by atoms with Crippen LogP contribution >= 0.6 is 0 Å². The number of rotatable bonds is 8. The Morgan fingerprint density at radius 3 is 2.62 bits per heavy atom. The molecule has 7 nitrogen and oxygen atoms in total. The van der Waals surface area contributed by atoms with E-state index in [0.717, 1.165) is 11.6 Å². The van der Waals surface area contributed by atoms with Gasteiger partial charge < -0.3 is 25.6 Å². The molecule has 2 atom stereocenters. The summed E-state index contributed by atoms with van der Waals surface area (Å²) in [7, 11) is 3.07. The molecule has 0 spiro atoms. The van der Waals surface area contributed by atoms with Gasteiger partial charge in [0.2, 0.25) is 11.8 Å². The summed E-state index contributed by atoms with van der Waals surface area (Å²) in [5, 5.41) is 12.1. The zero-order valence-corrected chi connectivity index (χ0v) is 16.2. The third-order valence-electron chi connectivity index (χ3n) is 5.36. The SMILES string of the molecule is COc1ccc(CNC(=O)C2C[C@]2(Cc2ccc(O)c(F)c2)C(N)=O)c(OC)c1. The Kier molecular flexibility index (Phi) is 5.63. The highest BCUT2D eigenvalue weighted by Crippen LogP contribution is 2.55. The monoisotopic (exact) mass is 402 g/mol. The van der Waals surface area contributed by atoms with Crippen molar-refractivity contribution in [2.24, 2.45) is 17.1 Å². The first-order valence-electron chi connectivity index (χ1n) is 9.06. The fraction of sp³-hybridized carbons (Fsp3) is 0.333. The molecule has 1 saturated carbocycles. The molecule has 0 aliphatic heterocycles. The van der Waals surface area contributed by atoms with E-state index in [9.17, 15) is 19.1 Å². The number of aromatic hydroxyl groups is 1. The molecule has 0 aromatic heterocycles. The molecular weight excluding hydrogens is 379 g/mol. The summed E-state index contributed by atoms with van der Waals surface area (Å²) in [5.74, 6) is -1.56. The minimum absolute atomic E-state index is 0.128. The lowest BCUT2D eigenvalue weighted by molar-refractivity contribution is -0.129. The second-order valence-corrected chi connectivity index (χ2v) is 7.14. The van der Waals surface area contributed by atoms with E-state index in [1.807, 2.05) is 0 Å². The number of ether oxygens (including phenoxy) is 2. The van der Waals surface area contributed by atoms with Gasteiger partial charge in [0.1, 0.15) is 11.5 Å². The van der Waals surface area contributed by atoms with Gasteiger partial charge in [-0.15, -0.1) is 0 Å². The number of hydrogen-bond acceptors (Lipinski definition) is 5. The number of nitrogens with one attached hydrogen (secondary N) is 1. The molecule has 0 saturated heterocycles. The van der Waals surface area contributed by atoms with E-state index < -0.39 is 28.8 Å². The number of benzene rings is 2. The van der Waals surface area contributed by atoms with E-state index in [1.54, 1.807) is 25.3 Å². The van der Waals surface area contributed by atoms with E-state index in [-0.39, 0.29) is 25.3 Å². The number of carbonyl (C=O) groups excluding carboxylic acids is 2. The summed E-state index contributed by atoms with van der Waals surface area (Å²) in [6.45, 7) is 0.213. The predicted molar refractivity (Wildman–Crippen MR) is 103 cm³/mol. The topological polar surface area (TPSA) is 111 Å². The van der Waals surface area contributed by atoms with E-state index in [1.165, 1.54) is 19.2 Å². The van der Waals surface area contributed by atoms with Crippen LogP contribution in [-0.2, 0) is 22.6 Å². The molecule has 2 aromatic carbocycles. The Balaban J connectivity index is 1.68. The van der Waals surface area contributed by atoms with Crippen LogP contribution in [0.3, 0.4) is 0 Å². The molecule has 3 rings (SSSR count). The number of primary amides is 1. The normalized spacial score (nSPS) is 20.0. The van der Waals surface area contributed by atoms with Crippen LogP contribution in [0.15, 0.2) is 36.4 Å². The summed E-state index contributed by atoms with van der Waals surface area (Å²) >= 11 is 0. The van der Waals surface area contributed by atoms with Gasteiger partial charge >= 0.3 is 0 Å². The van der Waals surface area contributed by atoms with E-state index in [0.29, 0.717) is 17.1 Å². The fourth-order valence-corrected chi connectivity index (χ4v) is 3.53. The van der Waals surface area contributed by atoms with Crippen LogP contribution in [0.5, 0.6) is 17.2 Å². The highest BCUT2D eigenvalue weighted by molar-refractivity contribution is 5.95. The van der Waals surface area contributed by atoms with Crippen LogP contribution in [0.4, 0.5) is 4.39 Å². The standard InChI is InChI=1S/C21H23FN2O5/c1-28-14-5-4-13(18(8-14)29-2)11-24-19(26)15-10-21(15,20(23)27)9-12-3-6-17(25)16(22)7-12/h3-8,15,25H,9-11H2,1-2H3,(H2,23,27)(H,24,26)/t15?,21-/m0/s1. The number of methoxy groups -OCH3 is 2. The summed E-state index contributed by atoms with van der Waals surface area (Å²) in [6.07, 6.45) is 0.417. The van der Waals surface area contributed by atoms with Crippen molar-refractivity contribution in [1.29, 1.82) is 0 Å². The molecule has 29 heavy (non-hydrogen) atoms. The largest absolute Gasteiger partial charge is 0.505 e. The predicted octanol–water partition coefficient (Wildman–Crippen LogP) is 1.90. The van der Waals surface area contributed by atoms with Crippen molar-refractivity contribution >= 4 is 11.8 Å². The second-order valence-electron chi connectivity index (χ2n) is 7.14. The number of halogens is 1. The molecule has 1 aliphatic carbocycles. The van der Waals surface area contributed by atoms with E-state index in [2.05, 4.69) is 5.32 Å². The molecule has 0 bridgehead atoms. The quantitative estimate of drug-likeness (QED) is 0.625. The van der Waals surface area contributed by atoms with Gasteiger partial charge in [-0.05, 0) is 42.7 Å². The van der Waals surface area contributed by atoms with E-state index in [4.69, 9.17) is 15.2 Å². The minimum atomic E-state index is -1.06. The molecule has 2 aromatic rings. The van der Waals surface area contributed by atoms with Gasteiger partial charge in [0.15, 0.2) is 11.6 Å². The zero-order chi connectivity index (χ0) is 21.2. The minimum Gasteiger partial charge on any atom is -0.505 e. The molecular formula is C21H23FN2O5. The third-order valence-corrected chi connectivity index (χ3v) is 5.36. The van der Waals surface area contributed by atoms with Crippen molar-refractivity contribution in [3.05, 3.63) is 53.3 Å². The fourth-order valence-electron chi connectivity index (χ4n) is 3.53. The number of phenols is 1. The van der Waals surface area contributed by atoms with Crippen LogP contribution in [0.2, 0.25) is 0 Å². The number of phenolic OH excluding ortho intramolecular Hbond substituents is 1. The van der Waals surface area contributed by atoms with Crippen molar-refractivity contribution in [2.45, 2.75) is 19.4 Å². The van der Waals surface area contributed by atoms with E-state index >= 15 is 0 Å². The molecule has 1 fully saturated rings. The number of carbonyl (C=O) groups is 2. The lowest BCUT2D eigenvalue weighted by Gasteiger charge is -2.15. The third kappa shape index (κ3) is 4.11. The molecule has 1 unspecified atom stereocenters. The summed E-state index contributed by atoms with van der Waals surface area (Å²) in [5.41, 5.74) is 5.76. The highest BCUT2D eigenvalue weighted by atomic mass is 19.1. The van der Waals surface area contributed by atoms with Crippen LogP contribution in [0, 0.1) is 17.2 Å². The van der Waals surface area contributed by atoms with Crippen LogP contribution in [0.1, 0.15) is 17.5 Å². The first kappa shape index (κ1) is 20.4. The maximum Gasteiger partial charge on any atom is 0.224 e. The van der Waals surface area contributed by atoms with Crippen molar-refractivity contribution in [3.8, 4) is 17.2 Å². The van der Waals surface area contributed by atoms with Crippen LogP contribution in [-0.4, -0.2) is 31.1 Å². The molecule has 8 heteroatoms. The lowest BCUT2D eigenvalue weighted by atomic mass is 9.92. The average molecular weight is 402 g/mol. The Labute approximate surface area is 167 Å². The zero-order valence-electron chi connectivity index (χ0n) is 16.2. The van der Waals surface area contributed by atoms with Gasteiger partial charge in [0.05, 0.1) is 25.6 Å². The van der Waals surface area contributed by atoms with Crippen molar-refractivity contribution in [1.82, 2.24) is 5.32 Å². The van der Waals surface area contributed by atoms with Crippen molar-refractivity contribution in [2.75, 3.05) is 14.2 Å². The summed E-state index contributed by atoms with van der Waals surface area (Å²) in [6, 6.07) is 9.13. The Morgan fingerprint density at radius 1 is 1.24 bits per heavy atom. The van der Waals surface area contributed by atoms with Gasteiger partial charge in [-0.25, -0.2) is 4.39 Å². The van der Waals surface area contributed by atoms with Gasteiger partial charge in [0, 0.05) is 18.2 Å². The van der Waals surface area contributed by atoms with Gasteiger partial charge in [-0.3, -0.25) is 9.59 Å². The van der Waals surface area contributed by atoms with Gasteiger partial charge in [-0.2, -0.15) is 0 Å². The molecule has 4 N–H and O–H groups in total. The maximum atomic E-state index is 13.6. The Morgan fingerprint density at radius 2 is 2.00 bits per heavy atom. The first-order valence-corrected chi connectivity index (χ1v) is 9.06. The lowest BCUT2D eigenvalue weighted by Crippen LogP contribution is -2.34. The van der Waals surface area contributed by atoms with Gasteiger partial charge in [0.25, 0.3) is 0 Å². The van der Waals surface area contributed by atoms with Gasteiger partial charge in [-0.1, -0.05) is 6.07 Å². The smallest absolute Gasteiger partial charge is 0.224 e. The molecule has 0 heterocycles. The first-order chi connectivity index (χ1) is 13.8.